The van der Waals surface area contributed by atoms with Crippen LogP contribution >= 0.6 is 0 Å². The molecule has 0 aliphatic carbocycles. The maximum absolute atomic E-state index is 11.9. The smallest absolute Gasteiger partial charge is 0.258 e. The van der Waals surface area contributed by atoms with Crippen molar-refractivity contribution in [3.8, 4) is 5.88 Å². The van der Waals surface area contributed by atoms with E-state index >= 15 is 0 Å². The van der Waals surface area contributed by atoms with Crippen LogP contribution in [0.15, 0.2) is 34.9 Å². The largest absolute Gasteiger partial charge is 0.465 e. The van der Waals surface area contributed by atoms with E-state index in [4.69, 9.17) is 9.26 Å². The maximum Gasteiger partial charge on any atom is 0.258 e. The molecule has 1 amide bonds. The van der Waals surface area contributed by atoms with E-state index in [2.05, 4.69) is 46.6 Å². The first-order chi connectivity index (χ1) is 12.6. The van der Waals surface area contributed by atoms with E-state index in [-0.39, 0.29) is 12.5 Å². The van der Waals surface area contributed by atoms with Crippen molar-refractivity contribution in [3.63, 3.8) is 0 Å². The van der Waals surface area contributed by atoms with Gasteiger partial charge in [0.25, 0.3) is 11.8 Å². The number of aromatic nitrogens is 1. The molecular weight excluding hydrogens is 330 g/mol. The zero-order valence-electron chi connectivity index (χ0n) is 15.5. The molecule has 0 radical (unpaired) electrons. The van der Waals surface area contributed by atoms with Crippen molar-refractivity contribution in [2.45, 2.75) is 39.8 Å². The highest BCUT2D eigenvalue weighted by Crippen LogP contribution is 2.18. The number of carbonyl (C=O) groups excluding carboxylic acids is 1. The van der Waals surface area contributed by atoms with Gasteiger partial charge in [-0.25, -0.2) is 0 Å². The molecule has 0 saturated carbocycles. The summed E-state index contributed by atoms with van der Waals surface area (Å²) in [6.07, 6.45) is 2.58. The molecule has 2 aromatic rings. The third-order valence-electron chi connectivity index (χ3n) is 4.75. The Morgan fingerprint density at radius 3 is 2.62 bits per heavy atom. The van der Waals surface area contributed by atoms with Crippen molar-refractivity contribution in [2.24, 2.45) is 5.92 Å². The number of nitrogens with zero attached hydrogens (tertiary/aromatic N) is 2. The van der Waals surface area contributed by atoms with Crippen LogP contribution in [0.4, 0.5) is 0 Å². The topological polar surface area (TPSA) is 67.6 Å². The summed E-state index contributed by atoms with van der Waals surface area (Å²) in [4.78, 5) is 14.4. The van der Waals surface area contributed by atoms with Crippen molar-refractivity contribution in [1.29, 1.82) is 0 Å². The molecule has 0 unspecified atom stereocenters. The molecule has 1 aliphatic heterocycles. The number of rotatable bonds is 7. The fourth-order valence-electron chi connectivity index (χ4n) is 3.04. The van der Waals surface area contributed by atoms with Gasteiger partial charge in [0.2, 0.25) is 0 Å². The summed E-state index contributed by atoms with van der Waals surface area (Å²) in [6.45, 7) is 7.89. The number of aryl methyl sites for hydroxylation is 1. The fourth-order valence-corrected chi connectivity index (χ4v) is 3.04. The Labute approximate surface area is 154 Å². The summed E-state index contributed by atoms with van der Waals surface area (Å²) in [7, 11) is 0. The van der Waals surface area contributed by atoms with Crippen LogP contribution in [0.3, 0.4) is 0 Å². The molecule has 26 heavy (non-hydrogen) atoms. The predicted molar refractivity (Wildman–Crippen MR) is 98.7 cm³/mol. The molecule has 6 nitrogen and oxygen atoms in total. The Kier molecular flexibility index (Phi) is 6.28. The number of benzene rings is 1. The van der Waals surface area contributed by atoms with Gasteiger partial charge in [0.05, 0.1) is 0 Å². The molecule has 0 spiro atoms. The molecule has 1 aromatic heterocycles. The van der Waals surface area contributed by atoms with Crippen LogP contribution in [0.2, 0.25) is 0 Å². The predicted octanol–water partition coefficient (Wildman–Crippen LogP) is 2.91. The lowest BCUT2D eigenvalue weighted by atomic mass is 9.99. The minimum absolute atomic E-state index is 0.0720. The van der Waals surface area contributed by atoms with E-state index in [1.165, 1.54) is 31.5 Å². The van der Waals surface area contributed by atoms with E-state index in [0.717, 1.165) is 18.0 Å². The van der Waals surface area contributed by atoms with Gasteiger partial charge >= 0.3 is 0 Å². The second-order valence-corrected chi connectivity index (χ2v) is 7.12. The molecule has 0 bridgehead atoms. The monoisotopic (exact) mass is 357 g/mol. The Morgan fingerprint density at radius 2 is 1.96 bits per heavy atom. The van der Waals surface area contributed by atoms with Gasteiger partial charge in [0.15, 0.2) is 6.61 Å². The zero-order valence-corrected chi connectivity index (χ0v) is 15.5. The highest BCUT2D eigenvalue weighted by atomic mass is 16.5. The third kappa shape index (κ3) is 5.59. The van der Waals surface area contributed by atoms with Crippen LogP contribution in [-0.4, -0.2) is 35.7 Å². The molecular formula is C20H27N3O3. The Hall–Kier alpha value is -2.34. The molecule has 1 fully saturated rings. The highest BCUT2D eigenvalue weighted by molar-refractivity contribution is 5.77. The molecule has 0 atom stereocenters. The van der Waals surface area contributed by atoms with Crippen LogP contribution in [0.5, 0.6) is 5.88 Å². The number of nitrogens with one attached hydrogen (secondary N) is 1. The van der Waals surface area contributed by atoms with Crippen LogP contribution in [-0.2, 0) is 17.9 Å². The first kappa shape index (κ1) is 18.5. The number of hydrogen-bond acceptors (Lipinski definition) is 5. The lowest BCUT2D eigenvalue weighted by Crippen LogP contribution is -2.32. The van der Waals surface area contributed by atoms with Gasteiger partial charge in [-0.05, 0) is 55.1 Å². The summed E-state index contributed by atoms with van der Waals surface area (Å²) in [5.74, 6) is 1.65. The summed E-state index contributed by atoms with van der Waals surface area (Å²) in [6, 6.07) is 10.1. The standard InChI is InChI=1S/C20H27N3O3/c1-15-7-9-23(10-8-15)13-18-5-3-17(4-6-18)12-21-19(24)14-25-20-11-16(2)26-22-20/h3-6,11,15H,7-10,12-14H2,1-2H3,(H,21,24). The second-order valence-electron chi connectivity index (χ2n) is 7.12. The fraction of sp³-hybridized carbons (Fsp3) is 0.500. The highest BCUT2D eigenvalue weighted by Gasteiger charge is 2.15. The van der Waals surface area contributed by atoms with Crippen molar-refractivity contribution >= 4 is 5.91 Å². The Balaban J connectivity index is 1.39. The maximum atomic E-state index is 11.9. The van der Waals surface area contributed by atoms with Crippen LogP contribution in [0, 0.1) is 12.8 Å². The summed E-state index contributed by atoms with van der Waals surface area (Å²) in [5, 5.41) is 6.54. The molecule has 140 valence electrons. The molecule has 3 rings (SSSR count). The lowest BCUT2D eigenvalue weighted by Gasteiger charge is -2.30. The zero-order chi connectivity index (χ0) is 18.4. The van der Waals surface area contributed by atoms with Gasteiger partial charge in [-0.3, -0.25) is 9.69 Å². The molecule has 2 heterocycles. The first-order valence-electron chi connectivity index (χ1n) is 9.21. The van der Waals surface area contributed by atoms with Crippen LogP contribution in [0.1, 0.15) is 36.7 Å². The van der Waals surface area contributed by atoms with Gasteiger partial charge in [0, 0.05) is 19.2 Å². The third-order valence-corrected chi connectivity index (χ3v) is 4.75. The Bertz CT molecular complexity index is 703. The number of likely N-dealkylation sites (tertiary alicyclic amines) is 1. The number of hydrogen-bond donors (Lipinski definition) is 1. The van der Waals surface area contributed by atoms with E-state index in [1.54, 1.807) is 13.0 Å². The van der Waals surface area contributed by atoms with Crippen molar-refractivity contribution in [1.82, 2.24) is 15.4 Å². The van der Waals surface area contributed by atoms with E-state index in [0.29, 0.717) is 18.2 Å². The van der Waals surface area contributed by atoms with Crippen molar-refractivity contribution < 1.29 is 14.1 Å². The second kappa shape index (κ2) is 8.85. The van der Waals surface area contributed by atoms with Crippen molar-refractivity contribution in [3.05, 3.63) is 47.2 Å². The quantitative estimate of drug-likeness (QED) is 0.825. The Morgan fingerprint density at radius 1 is 1.27 bits per heavy atom. The normalized spacial score (nSPS) is 15.8. The summed E-state index contributed by atoms with van der Waals surface area (Å²) in [5.41, 5.74) is 2.39. The average molecular weight is 357 g/mol. The first-order valence-corrected chi connectivity index (χ1v) is 9.21. The number of ether oxygens (including phenoxy) is 1. The van der Waals surface area contributed by atoms with Gasteiger partial charge in [-0.1, -0.05) is 31.2 Å². The number of piperidine rings is 1. The van der Waals surface area contributed by atoms with Crippen LogP contribution in [0.25, 0.3) is 0 Å². The lowest BCUT2D eigenvalue weighted by molar-refractivity contribution is -0.123. The minimum atomic E-state index is -0.183. The molecule has 1 aliphatic rings. The molecule has 6 heteroatoms. The SMILES string of the molecule is Cc1cc(OCC(=O)NCc2ccc(CN3CCC(C)CC3)cc2)no1. The van der Waals surface area contributed by atoms with Gasteiger partial charge in [0.1, 0.15) is 5.76 Å². The van der Waals surface area contributed by atoms with E-state index < -0.39 is 0 Å². The van der Waals surface area contributed by atoms with Gasteiger partial charge in [-0.2, -0.15) is 0 Å². The van der Waals surface area contributed by atoms with E-state index in [1.807, 2.05) is 0 Å². The van der Waals surface area contributed by atoms with Crippen molar-refractivity contribution in [2.75, 3.05) is 19.7 Å². The van der Waals surface area contributed by atoms with Gasteiger partial charge < -0.3 is 14.6 Å². The number of amides is 1. The van der Waals surface area contributed by atoms with E-state index in [9.17, 15) is 4.79 Å². The minimum Gasteiger partial charge on any atom is -0.465 e. The number of carbonyl (C=O) groups is 1. The molecule has 1 aromatic carbocycles. The molecule has 1 saturated heterocycles. The van der Waals surface area contributed by atoms with Crippen LogP contribution < -0.4 is 10.1 Å². The van der Waals surface area contributed by atoms with Gasteiger partial charge in [-0.15, -0.1) is 0 Å². The average Bonchev–Trinajstić information content (AvgIpc) is 3.07. The summed E-state index contributed by atoms with van der Waals surface area (Å²) >= 11 is 0. The summed E-state index contributed by atoms with van der Waals surface area (Å²) < 4.78 is 10.2. The molecule has 1 N–H and O–H groups in total.